The Hall–Kier alpha value is -0.805. The Morgan fingerprint density at radius 3 is 2.23 bits per heavy atom. The van der Waals surface area contributed by atoms with Gasteiger partial charge < -0.3 is 9.31 Å². The van der Waals surface area contributed by atoms with Crippen molar-refractivity contribution in [2.24, 2.45) is 5.92 Å². The first-order valence-corrected chi connectivity index (χ1v) is 8.50. The summed E-state index contributed by atoms with van der Waals surface area (Å²) in [6.45, 7) is 16.0. The highest BCUT2D eigenvalue weighted by molar-refractivity contribution is 6.45. The van der Waals surface area contributed by atoms with Crippen LogP contribution in [0.3, 0.4) is 0 Å². The number of hydrogen-bond acceptors (Lipinski definition) is 3. The molecule has 0 aromatic carbocycles. The molecular formula is C17H31BN2O2. The van der Waals surface area contributed by atoms with E-state index in [2.05, 4.69) is 70.5 Å². The first kappa shape index (κ1) is 17.5. The summed E-state index contributed by atoms with van der Waals surface area (Å²) in [6.07, 6.45) is 4.10. The fraction of sp³-hybridized carbons (Fsp3) is 0.824. The largest absolute Gasteiger partial charge is 0.458 e. The molecule has 1 aliphatic heterocycles. The Morgan fingerprint density at radius 2 is 1.73 bits per heavy atom. The van der Waals surface area contributed by atoms with Crippen molar-refractivity contribution < 1.29 is 9.31 Å². The summed E-state index contributed by atoms with van der Waals surface area (Å²) in [7, 11) is -0.0937. The van der Waals surface area contributed by atoms with Gasteiger partial charge in [0.2, 0.25) is 0 Å². The van der Waals surface area contributed by atoms with Gasteiger partial charge in [-0.15, -0.1) is 0 Å². The molecule has 2 rings (SSSR count). The van der Waals surface area contributed by atoms with Crippen LogP contribution in [0.25, 0.3) is 0 Å². The molecule has 22 heavy (non-hydrogen) atoms. The Morgan fingerprint density at radius 1 is 1.14 bits per heavy atom. The van der Waals surface area contributed by atoms with Crippen molar-refractivity contribution in [1.29, 1.82) is 0 Å². The van der Waals surface area contributed by atoms with Gasteiger partial charge in [-0.25, -0.2) is 0 Å². The van der Waals surface area contributed by atoms with E-state index in [1.807, 2.05) is 0 Å². The van der Waals surface area contributed by atoms with E-state index < -0.39 is 0 Å². The smallest absolute Gasteiger partial charge is 0.403 e. The highest BCUT2D eigenvalue weighted by atomic mass is 16.7. The van der Waals surface area contributed by atoms with Gasteiger partial charge in [-0.2, -0.15) is 5.10 Å². The third kappa shape index (κ3) is 3.93. The zero-order valence-electron chi connectivity index (χ0n) is 15.2. The molecule has 0 saturated carbocycles. The molecule has 1 saturated heterocycles. The first-order valence-electron chi connectivity index (χ1n) is 8.50. The molecule has 1 fully saturated rings. The van der Waals surface area contributed by atoms with Gasteiger partial charge in [0.1, 0.15) is 0 Å². The minimum atomic E-state index is -0.231. The van der Waals surface area contributed by atoms with Crippen LogP contribution in [0.2, 0.25) is 6.32 Å². The van der Waals surface area contributed by atoms with E-state index in [0.29, 0.717) is 11.8 Å². The fourth-order valence-electron chi connectivity index (χ4n) is 2.67. The summed E-state index contributed by atoms with van der Waals surface area (Å²) in [6, 6.07) is 2.11. The molecule has 124 valence electrons. The summed E-state index contributed by atoms with van der Waals surface area (Å²) in [5.74, 6) is 1.03. The average molecular weight is 306 g/mol. The topological polar surface area (TPSA) is 36.3 Å². The van der Waals surface area contributed by atoms with Crippen LogP contribution in [0.15, 0.2) is 12.3 Å². The zero-order valence-corrected chi connectivity index (χ0v) is 15.2. The van der Waals surface area contributed by atoms with Gasteiger partial charge in [0.05, 0.1) is 16.9 Å². The van der Waals surface area contributed by atoms with Crippen LogP contribution in [0.1, 0.15) is 66.5 Å². The van der Waals surface area contributed by atoms with Crippen LogP contribution < -0.4 is 0 Å². The maximum absolute atomic E-state index is 6.08. The highest BCUT2D eigenvalue weighted by Crippen LogP contribution is 2.38. The summed E-state index contributed by atoms with van der Waals surface area (Å²) in [5, 5.41) is 4.61. The SMILES string of the molecule is CC(CCn1ccc(C(C)C)n1)CB1OC(C)(C)C(C)(C)O1. The molecule has 1 aromatic rings. The Labute approximate surface area is 135 Å². The second-order valence-electron chi connectivity index (χ2n) is 7.97. The standard InChI is InChI=1S/C17H31BN2O2/c1-13(2)15-9-11-20(19-15)10-8-14(3)12-18-21-16(4,5)17(6,7)22-18/h9,11,13-14H,8,10,12H2,1-7H3. The highest BCUT2D eigenvalue weighted by Gasteiger charge is 2.50. The second-order valence-corrected chi connectivity index (χ2v) is 7.97. The first-order chi connectivity index (χ1) is 10.1. The number of rotatable bonds is 6. The van der Waals surface area contributed by atoms with Crippen LogP contribution in [0.4, 0.5) is 0 Å². The molecule has 0 radical (unpaired) electrons. The van der Waals surface area contributed by atoms with Crippen molar-refractivity contribution in [3.63, 3.8) is 0 Å². The van der Waals surface area contributed by atoms with Crippen molar-refractivity contribution in [2.75, 3.05) is 0 Å². The molecule has 2 heterocycles. The average Bonchev–Trinajstić information content (AvgIpc) is 2.90. The van der Waals surface area contributed by atoms with E-state index in [-0.39, 0.29) is 18.3 Å². The van der Waals surface area contributed by atoms with Gasteiger partial charge in [0.15, 0.2) is 0 Å². The van der Waals surface area contributed by atoms with Gasteiger partial charge >= 0.3 is 7.12 Å². The molecule has 4 nitrogen and oxygen atoms in total. The van der Waals surface area contributed by atoms with E-state index in [1.165, 1.54) is 5.69 Å². The monoisotopic (exact) mass is 306 g/mol. The molecule has 1 aromatic heterocycles. The maximum atomic E-state index is 6.08. The number of aromatic nitrogens is 2. The Kier molecular flexibility index (Phi) is 5.08. The molecule has 0 amide bonds. The number of hydrogen-bond donors (Lipinski definition) is 0. The summed E-state index contributed by atoms with van der Waals surface area (Å²) < 4.78 is 14.2. The molecular weight excluding hydrogens is 275 g/mol. The van der Waals surface area contributed by atoms with E-state index in [1.54, 1.807) is 0 Å². The fourth-order valence-corrected chi connectivity index (χ4v) is 2.67. The van der Waals surface area contributed by atoms with E-state index in [9.17, 15) is 0 Å². The summed E-state index contributed by atoms with van der Waals surface area (Å²) in [5.41, 5.74) is 0.704. The molecule has 0 N–H and O–H groups in total. The molecule has 0 bridgehead atoms. The van der Waals surface area contributed by atoms with Crippen LogP contribution in [0, 0.1) is 5.92 Å². The Bertz CT molecular complexity index is 481. The van der Waals surface area contributed by atoms with Crippen molar-refractivity contribution >= 4 is 7.12 Å². The third-order valence-corrected chi connectivity index (χ3v) is 5.00. The quantitative estimate of drug-likeness (QED) is 0.742. The van der Waals surface area contributed by atoms with E-state index in [0.717, 1.165) is 19.3 Å². The van der Waals surface area contributed by atoms with Crippen molar-refractivity contribution in [3.05, 3.63) is 18.0 Å². The van der Waals surface area contributed by atoms with E-state index >= 15 is 0 Å². The van der Waals surface area contributed by atoms with Gasteiger partial charge in [-0.05, 0) is 58.3 Å². The van der Waals surface area contributed by atoms with Crippen LogP contribution in [-0.4, -0.2) is 28.1 Å². The minimum absolute atomic E-state index is 0.0937. The number of nitrogens with zero attached hydrogens (tertiary/aromatic N) is 2. The van der Waals surface area contributed by atoms with Gasteiger partial charge in [0, 0.05) is 12.7 Å². The molecule has 0 spiro atoms. The zero-order chi connectivity index (χ0) is 16.5. The summed E-state index contributed by atoms with van der Waals surface area (Å²) in [4.78, 5) is 0. The predicted octanol–water partition coefficient (Wildman–Crippen LogP) is 4.12. The normalized spacial score (nSPS) is 21.5. The lowest BCUT2D eigenvalue weighted by molar-refractivity contribution is 0.00578. The second kappa shape index (κ2) is 6.36. The third-order valence-electron chi connectivity index (χ3n) is 5.00. The molecule has 1 atom stereocenters. The van der Waals surface area contributed by atoms with Gasteiger partial charge in [-0.1, -0.05) is 20.8 Å². The van der Waals surface area contributed by atoms with Crippen LogP contribution in [-0.2, 0) is 15.9 Å². The Balaban J connectivity index is 1.80. The number of aryl methyl sites for hydroxylation is 1. The van der Waals surface area contributed by atoms with Crippen LogP contribution >= 0.6 is 0 Å². The van der Waals surface area contributed by atoms with Gasteiger partial charge in [0.25, 0.3) is 0 Å². The maximum Gasteiger partial charge on any atom is 0.458 e. The summed E-state index contributed by atoms with van der Waals surface area (Å²) >= 11 is 0. The van der Waals surface area contributed by atoms with Gasteiger partial charge in [-0.3, -0.25) is 4.68 Å². The van der Waals surface area contributed by atoms with Crippen LogP contribution in [0.5, 0.6) is 0 Å². The minimum Gasteiger partial charge on any atom is -0.403 e. The molecule has 1 unspecified atom stereocenters. The molecule has 1 aliphatic rings. The lowest BCUT2D eigenvalue weighted by Crippen LogP contribution is -2.41. The lowest BCUT2D eigenvalue weighted by atomic mass is 9.77. The lowest BCUT2D eigenvalue weighted by Gasteiger charge is -2.32. The van der Waals surface area contributed by atoms with Crippen molar-refractivity contribution in [2.45, 2.75) is 84.9 Å². The van der Waals surface area contributed by atoms with Crippen molar-refractivity contribution in [1.82, 2.24) is 9.78 Å². The predicted molar refractivity (Wildman–Crippen MR) is 91.0 cm³/mol. The van der Waals surface area contributed by atoms with E-state index in [4.69, 9.17) is 9.31 Å². The molecule has 0 aliphatic carbocycles. The molecule has 5 heteroatoms. The van der Waals surface area contributed by atoms with Crippen molar-refractivity contribution in [3.8, 4) is 0 Å².